The van der Waals surface area contributed by atoms with E-state index < -0.39 is 5.54 Å². The molecular formula is C20H23BrN2O3S. The molecule has 2 unspecified atom stereocenters. The van der Waals surface area contributed by atoms with Crippen LogP contribution in [0.5, 0.6) is 5.75 Å². The average molecular weight is 451 g/mol. The third-order valence-electron chi connectivity index (χ3n) is 6.77. The smallest absolute Gasteiger partial charge is 0.261 e. The molecule has 144 valence electrons. The number of hydrogen-bond acceptors (Lipinski definition) is 5. The maximum Gasteiger partial charge on any atom is 0.261 e. The van der Waals surface area contributed by atoms with Crippen LogP contribution in [-0.4, -0.2) is 48.1 Å². The maximum atomic E-state index is 13.5. The van der Waals surface area contributed by atoms with Gasteiger partial charge in [0, 0.05) is 28.9 Å². The number of rotatable bonds is 1. The molecule has 1 aliphatic carbocycles. The van der Waals surface area contributed by atoms with Crippen molar-refractivity contribution < 1.29 is 14.3 Å². The molecule has 3 fully saturated rings. The summed E-state index contributed by atoms with van der Waals surface area (Å²) < 4.78 is 13.5. The van der Waals surface area contributed by atoms with E-state index in [0.717, 1.165) is 53.2 Å². The van der Waals surface area contributed by atoms with Gasteiger partial charge in [0.2, 0.25) is 0 Å². The number of aliphatic imine (C=N–C) groups is 1. The van der Waals surface area contributed by atoms with Gasteiger partial charge >= 0.3 is 0 Å². The molecule has 1 aromatic rings. The lowest BCUT2D eigenvalue weighted by Crippen LogP contribution is -2.56. The van der Waals surface area contributed by atoms with Crippen molar-refractivity contribution in [2.45, 2.75) is 49.9 Å². The minimum absolute atomic E-state index is 0.0109. The Hall–Kier alpha value is -1.05. The molecule has 2 saturated heterocycles. The normalized spacial score (nSPS) is 37.4. The van der Waals surface area contributed by atoms with Gasteiger partial charge in [0.15, 0.2) is 10.7 Å². The first kappa shape index (κ1) is 18.0. The van der Waals surface area contributed by atoms with E-state index in [-0.39, 0.29) is 17.4 Å². The van der Waals surface area contributed by atoms with E-state index in [0.29, 0.717) is 12.5 Å². The largest absolute Gasteiger partial charge is 0.489 e. The number of likely N-dealkylation sites (N-methyl/N-ethyl adjacent to an activating group) is 1. The van der Waals surface area contributed by atoms with Gasteiger partial charge in [0.1, 0.15) is 11.9 Å². The fourth-order valence-electron chi connectivity index (χ4n) is 5.16. The summed E-state index contributed by atoms with van der Waals surface area (Å²) in [6.45, 7) is 0.730. The highest BCUT2D eigenvalue weighted by Crippen LogP contribution is 2.55. The lowest BCUT2D eigenvalue weighted by molar-refractivity contribution is -0.164. The van der Waals surface area contributed by atoms with Gasteiger partial charge in [-0.15, -0.1) is 0 Å². The monoisotopic (exact) mass is 450 g/mol. The van der Waals surface area contributed by atoms with Gasteiger partial charge in [0.05, 0.1) is 12.7 Å². The molecule has 5 aliphatic rings. The molecular weight excluding hydrogens is 428 g/mol. The number of ether oxygens (including phenoxy) is 2. The second kappa shape index (κ2) is 6.22. The fraction of sp³-hybridized carbons (Fsp3) is 0.600. The van der Waals surface area contributed by atoms with E-state index in [1.807, 2.05) is 31.5 Å². The molecule has 7 heteroatoms. The van der Waals surface area contributed by atoms with Crippen LogP contribution < -0.4 is 4.74 Å². The number of carbonyl (C=O) groups excluding carboxylic acids is 1. The van der Waals surface area contributed by atoms with E-state index in [9.17, 15) is 4.79 Å². The number of amides is 1. The first-order chi connectivity index (χ1) is 13.0. The molecule has 1 amide bonds. The first-order valence-corrected chi connectivity index (χ1v) is 11.5. The number of amidine groups is 1. The van der Waals surface area contributed by atoms with Crippen molar-refractivity contribution in [2.24, 2.45) is 10.4 Å². The summed E-state index contributed by atoms with van der Waals surface area (Å²) in [6, 6.07) is 5.94. The molecule has 4 aliphatic heterocycles. The van der Waals surface area contributed by atoms with Gasteiger partial charge in [-0.3, -0.25) is 9.69 Å². The molecule has 1 aromatic carbocycles. The highest BCUT2D eigenvalue weighted by atomic mass is 79.9. The maximum absolute atomic E-state index is 13.5. The molecule has 1 spiro atoms. The molecule has 27 heavy (non-hydrogen) atoms. The number of nitrogens with zero attached hydrogens (tertiary/aromatic N) is 2. The predicted octanol–water partition coefficient (Wildman–Crippen LogP) is 3.95. The minimum Gasteiger partial charge on any atom is -0.489 e. The van der Waals surface area contributed by atoms with E-state index in [1.54, 1.807) is 4.90 Å². The summed E-state index contributed by atoms with van der Waals surface area (Å²) in [5.41, 5.74) is -0.0305. The molecule has 0 radical (unpaired) electrons. The van der Waals surface area contributed by atoms with Crippen molar-refractivity contribution in [3.05, 3.63) is 28.2 Å². The topological polar surface area (TPSA) is 51.1 Å². The Balaban J connectivity index is 1.63. The van der Waals surface area contributed by atoms with Gasteiger partial charge < -0.3 is 9.47 Å². The van der Waals surface area contributed by atoms with Gasteiger partial charge in [-0.1, -0.05) is 27.7 Å². The number of thioether (sulfide) groups is 1. The second-order valence-electron chi connectivity index (χ2n) is 8.15. The summed E-state index contributed by atoms with van der Waals surface area (Å²) in [5.74, 6) is 0.825. The van der Waals surface area contributed by atoms with Crippen molar-refractivity contribution in [1.29, 1.82) is 0 Å². The summed E-state index contributed by atoms with van der Waals surface area (Å²) in [7, 11) is 1.82. The van der Waals surface area contributed by atoms with Crippen molar-refractivity contribution in [2.75, 3.05) is 19.9 Å². The molecule has 0 N–H and O–H groups in total. The summed E-state index contributed by atoms with van der Waals surface area (Å²) in [4.78, 5) is 20.1. The highest BCUT2D eigenvalue weighted by Gasteiger charge is 2.59. The zero-order valence-corrected chi connectivity index (χ0v) is 17.9. The van der Waals surface area contributed by atoms with Crippen LogP contribution >= 0.6 is 27.7 Å². The molecule has 2 atom stereocenters. The van der Waals surface area contributed by atoms with Crippen LogP contribution in [0.1, 0.15) is 37.7 Å². The lowest BCUT2D eigenvalue weighted by atomic mass is 9.64. The molecule has 1 saturated carbocycles. The molecule has 5 nitrogen and oxygen atoms in total. The average Bonchev–Trinajstić information content (AvgIpc) is 2.95. The minimum atomic E-state index is -0.891. The Morgan fingerprint density at radius 1 is 1.33 bits per heavy atom. The molecule has 6 rings (SSSR count). The number of fused-ring (bicyclic) bond motifs is 5. The van der Waals surface area contributed by atoms with Crippen molar-refractivity contribution in [1.82, 2.24) is 4.90 Å². The van der Waals surface area contributed by atoms with Gasteiger partial charge in [-0.05, 0) is 50.1 Å². The Kier molecular flexibility index (Phi) is 4.15. The van der Waals surface area contributed by atoms with Crippen molar-refractivity contribution >= 4 is 38.8 Å². The Morgan fingerprint density at radius 3 is 2.74 bits per heavy atom. The Labute approximate surface area is 172 Å². The molecule has 4 heterocycles. The summed E-state index contributed by atoms with van der Waals surface area (Å²) in [5, 5.41) is 0.771. The number of halogens is 1. The van der Waals surface area contributed by atoms with Crippen molar-refractivity contribution in [3.8, 4) is 5.75 Å². The SMILES string of the molecule is CSC1=NC2(CC(C34CCC(CC3)OC4)Oc3ccc(Br)cc32)C(=O)N1C. The Bertz CT molecular complexity index is 823. The fourth-order valence-corrected chi connectivity index (χ4v) is 6.13. The van der Waals surface area contributed by atoms with Gasteiger partial charge in [0.25, 0.3) is 5.91 Å². The quantitative estimate of drug-likeness (QED) is 0.649. The highest BCUT2D eigenvalue weighted by molar-refractivity contribution is 9.10. The van der Waals surface area contributed by atoms with Crippen LogP contribution in [-0.2, 0) is 15.1 Å². The van der Waals surface area contributed by atoms with Crippen LogP contribution in [0.3, 0.4) is 0 Å². The molecule has 2 bridgehead atoms. The third-order valence-corrected chi connectivity index (χ3v) is 7.99. The number of benzene rings is 1. The standard InChI is InChI=1S/C20H23BrN2O3S/c1-23-17(24)20(22-18(23)27-2)10-16(19-7-5-13(6-8-19)25-11-19)26-15-4-3-12(21)9-14(15)20/h3-4,9,13,16H,5-8,10-11H2,1-2H3. The zero-order chi connectivity index (χ0) is 18.8. The van der Waals surface area contributed by atoms with E-state index >= 15 is 0 Å². The lowest BCUT2D eigenvalue weighted by Gasteiger charge is -2.52. The van der Waals surface area contributed by atoms with Crippen LogP contribution in [0, 0.1) is 5.41 Å². The van der Waals surface area contributed by atoms with Crippen LogP contribution in [0.25, 0.3) is 0 Å². The van der Waals surface area contributed by atoms with Crippen LogP contribution in [0.4, 0.5) is 0 Å². The van der Waals surface area contributed by atoms with Gasteiger partial charge in [-0.2, -0.15) is 0 Å². The van der Waals surface area contributed by atoms with E-state index in [4.69, 9.17) is 14.5 Å². The van der Waals surface area contributed by atoms with E-state index in [1.165, 1.54) is 11.8 Å². The molecule has 0 aromatic heterocycles. The van der Waals surface area contributed by atoms with Crippen LogP contribution in [0.2, 0.25) is 0 Å². The van der Waals surface area contributed by atoms with Gasteiger partial charge in [-0.25, -0.2) is 4.99 Å². The number of hydrogen-bond donors (Lipinski definition) is 0. The first-order valence-electron chi connectivity index (χ1n) is 9.48. The van der Waals surface area contributed by atoms with Crippen molar-refractivity contribution in [3.63, 3.8) is 0 Å². The van der Waals surface area contributed by atoms with E-state index in [2.05, 4.69) is 15.9 Å². The number of carbonyl (C=O) groups is 1. The summed E-state index contributed by atoms with van der Waals surface area (Å²) >= 11 is 5.07. The predicted molar refractivity (Wildman–Crippen MR) is 109 cm³/mol. The third kappa shape index (κ3) is 2.54. The Morgan fingerprint density at radius 2 is 2.11 bits per heavy atom. The summed E-state index contributed by atoms with van der Waals surface area (Å²) in [6.07, 6.45) is 7.29. The zero-order valence-electron chi connectivity index (χ0n) is 15.5. The second-order valence-corrected chi connectivity index (χ2v) is 9.84. The van der Waals surface area contributed by atoms with Crippen LogP contribution in [0.15, 0.2) is 27.7 Å².